The number of hydrogen-bond acceptors (Lipinski definition) is 2. The fourth-order valence-electron chi connectivity index (χ4n) is 5.42. The summed E-state index contributed by atoms with van der Waals surface area (Å²) in [5, 5.41) is 0. The molecule has 22 heavy (non-hydrogen) atoms. The first kappa shape index (κ1) is 14.3. The molecular formula is C20H26O2. The number of benzene rings is 1. The Morgan fingerprint density at radius 1 is 1.14 bits per heavy atom. The summed E-state index contributed by atoms with van der Waals surface area (Å²) in [6, 6.07) is 6.62. The summed E-state index contributed by atoms with van der Waals surface area (Å²) in [5.41, 5.74) is 4.88. The largest absolute Gasteiger partial charge is 0.497 e. The van der Waals surface area contributed by atoms with E-state index in [1.165, 1.54) is 36.8 Å². The van der Waals surface area contributed by atoms with Gasteiger partial charge in [-0.15, -0.1) is 0 Å². The van der Waals surface area contributed by atoms with E-state index in [9.17, 15) is 0 Å². The first-order valence-corrected chi connectivity index (χ1v) is 8.57. The van der Waals surface area contributed by atoms with E-state index in [1.807, 2.05) is 7.11 Å². The van der Waals surface area contributed by atoms with Crippen molar-refractivity contribution in [1.82, 2.24) is 0 Å². The monoisotopic (exact) mass is 298 g/mol. The number of rotatable bonds is 2. The highest BCUT2D eigenvalue weighted by molar-refractivity contribution is 5.73. The maximum Gasteiger partial charge on any atom is 0.119 e. The van der Waals surface area contributed by atoms with Gasteiger partial charge < -0.3 is 9.47 Å². The van der Waals surface area contributed by atoms with Crippen molar-refractivity contribution in [2.45, 2.75) is 45.1 Å². The molecule has 1 saturated carbocycles. The topological polar surface area (TPSA) is 18.5 Å². The second-order valence-corrected chi connectivity index (χ2v) is 7.45. The molecule has 0 saturated heterocycles. The Balaban J connectivity index is 1.73. The van der Waals surface area contributed by atoms with E-state index in [0.29, 0.717) is 11.5 Å². The number of aryl methyl sites for hydroxylation is 1. The summed E-state index contributed by atoms with van der Waals surface area (Å²) in [6.45, 7) is 2.45. The van der Waals surface area contributed by atoms with E-state index in [4.69, 9.17) is 9.47 Å². The van der Waals surface area contributed by atoms with Gasteiger partial charge in [-0.05, 0) is 72.8 Å². The molecule has 3 aliphatic carbocycles. The van der Waals surface area contributed by atoms with Crippen molar-refractivity contribution in [2.75, 3.05) is 14.2 Å². The van der Waals surface area contributed by atoms with Crippen LogP contribution in [0.25, 0.3) is 5.57 Å². The lowest BCUT2D eigenvalue weighted by molar-refractivity contribution is -0.00851. The van der Waals surface area contributed by atoms with Gasteiger partial charge in [0.1, 0.15) is 5.75 Å². The molecule has 1 aromatic rings. The summed E-state index contributed by atoms with van der Waals surface area (Å²) in [6.07, 6.45) is 9.12. The molecule has 1 aromatic carbocycles. The van der Waals surface area contributed by atoms with Crippen LogP contribution in [0.5, 0.6) is 5.75 Å². The van der Waals surface area contributed by atoms with E-state index < -0.39 is 0 Å². The molecule has 0 heterocycles. The Labute approximate surface area is 133 Å². The van der Waals surface area contributed by atoms with Gasteiger partial charge in [0.2, 0.25) is 0 Å². The number of hydrogen-bond donors (Lipinski definition) is 0. The van der Waals surface area contributed by atoms with Gasteiger partial charge in [0, 0.05) is 12.5 Å². The lowest BCUT2D eigenvalue weighted by Crippen LogP contribution is -2.40. The third-order valence-electron chi connectivity index (χ3n) is 6.60. The summed E-state index contributed by atoms with van der Waals surface area (Å²) in [7, 11) is 3.64. The highest BCUT2D eigenvalue weighted by atomic mass is 16.5. The summed E-state index contributed by atoms with van der Waals surface area (Å²) >= 11 is 0. The van der Waals surface area contributed by atoms with E-state index in [-0.39, 0.29) is 0 Å². The molecule has 0 spiro atoms. The molecule has 0 unspecified atom stereocenters. The predicted molar refractivity (Wildman–Crippen MR) is 89.0 cm³/mol. The Kier molecular flexibility index (Phi) is 3.34. The van der Waals surface area contributed by atoms with Crippen LogP contribution in [0, 0.1) is 17.3 Å². The van der Waals surface area contributed by atoms with Crippen LogP contribution in [0.3, 0.4) is 0 Å². The molecule has 2 heteroatoms. The highest BCUT2D eigenvalue weighted by Crippen LogP contribution is 2.59. The van der Waals surface area contributed by atoms with E-state index in [1.54, 1.807) is 12.7 Å². The van der Waals surface area contributed by atoms with E-state index in [2.05, 4.69) is 31.2 Å². The number of fused-ring (bicyclic) bond motifs is 5. The average Bonchev–Trinajstić information content (AvgIpc) is 2.90. The molecule has 2 nitrogen and oxygen atoms in total. The van der Waals surface area contributed by atoms with Crippen LogP contribution in [0.15, 0.2) is 24.3 Å². The van der Waals surface area contributed by atoms with Gasteiger partial charge in [-0.3, -0.25) is 0 Å². The average molecular weight is 298 g/mol. The molecule has 3 aliphatic rings. The third kappa shape index (κ3) is 1.89. The second-order valence-electron chi connectivity index (χ2n) is 7.45. The minimum absolute atomic E-state index is 0.340. The van der Waals surface area contributed by atoms with Crippen LogP contribution in [-0.4, -0.2) is 20.3 Å². The van der Waals surface area contributed by atoms with Crippen LogP contribution in [-0.2, 0) is 11.2 Å². The van der Waals surface area contributed by atoms with E-state index in [0.717, 1.165) is 24.0 Å². The Bertz CT molecular complexity index is 618. The van der Waals surface area contributed by atoms with Crippen molar-refractivity contribution in [1.29, 1.82) is 0 Å². The zero-order valence-electron chi connectivity index (χ0n) is 13.9. The minimum Gasteiger partial charge on any atom is -0.497 e. The van der Waals surface area contributed by atoms with E-state index >= 15 is 0 Å². The molecule has 0 N–H and O–H groups in total. The molecule has 0 aromatic heterocycles. The van der Waals surface area contributed by atoms with Crippen molar-refractivity contribution >= 4 is 5.57 Å². The van der Waals surface area contributed by atoms with Crippen LogP contribution in [0.1, 0.15) is 43.7 Å². The van der Waals surface area contributed by atoms with Gasteiger partial charge >= 0.3 is 0 Å². The molecule has 4 rings (SSSR count). The predicted octanol–water partition coefficient (Wildman–Crippen LogP) is 4.48. The van der Waals surface area contributed by atoms with Crippen LogP contribution >= 0.6 is 0 Å². The van der Waals surface area contributed by atoms with Gasteiger partial charge in [-0.2, -0.15) is 0 Å². The smallest absolute Gasteiger partial charge is 0.119 e. The maximum absolute atomic E-state index is 5.82. The van der Waals surface area contributed by atoms with Gasteiger partial charge in [0.15, 0.2) is 0 Å². The molecular weight excluding hydrogens is 272 g/mol. The van der Waals surface area contributed by atoms with Gasteiger partial charge in [0.25, 0.3) is 0 Å². The molecule has 4 atom stereocenters. The van der Waals surface area contributed by atoms with Crippen LogP contribution in [0.2, 0.25) is 0 Å². The number of methoxy groups -OCH3 is 2. The Morgan fingerprint density at radius 2 is 2.00 bits per heavy atom. The van der Waals surface area contributed by atoms with Crippen molar-refractivity contribution in [3.8, 4) is 5.75 Å². The quantitative estimate of drug-likeness (QED) is 0.801. The SMILES string of the molecule is COc1ccc2c(c1)CC[C@@H]1C2=CC[C@]2(C)[C@@H](OC)CC[C@@H]12. The lowest BCUT2D eigenvalue weighted by Gasteiger charge is -2.46. The standard InChI is InChI=1S/C20H26O2/c1-20-11-10-16-15-7-5-14(21-2)12-13(15)4-6-17(16)18(20)8-9-19(20)22-3/h5,7,10,12,17-19H,4,6,8-9,11H2,1-3H3/t17-,18+,19+,20+/m1/s1. The maximum atomic E-state index is 5.82. The zero-order chi connectivity index (χ0) is 15.3. The molecule has 0 aliphatic heterocycles. The molecule has 118 valence electrons. The van der Waals surface area contributed by atoms with Gasteiger partial charge in [0.05, 0.1) is 13.2 Å². The normalized spacial score (nSPS) is 36.1. The fourth-order valence-corrected chi connectivity index (χ4v) is 5.42. The zero-order valence-corrected chi connectivity index (χ0v) is 13.9. The highest BCUT2D eigenvalue weighted by Gasteiger charge is 2.52. The van der Waals surface area contributed by atoms with Gasteiger partial charge in [-0.1, -0.05) is 19.1 Å². The molecule has 0 radical (unpaired) electrons. The Morgan fingerprint density at radius 3 is 2.77 bits per heavy atom. The first-order chi connectivity index (χ1) is 10.7. The minimum atomic E-state index is 0.340. The van der Waals surface area contributed by atoms with Crippen molar-refractivity contribution in [3.05, 3.63) is 35.4 Å². The van der Waals surface area contributed by atoms with Crippen molar-refractivity contribution in [2.24, 2.45) is 17.3 Å². The van der Waals surface area contributed by atoms with Crippen molar-refractivity contribution in [3.63, 3.8) is 0 Å². The summed E-state index contributed by atoms with van der Waals surface area (Å²) < 4.78 is 11.2. The molecule has 0 bridgehead atoms. The first-order valence-electron chi connectivity index (χ1n) is 8.57. The van der Waals surface area contributed by atoms with Gasteiger partial charge in [-0.25, -0.2) is 0 Å². The molecule has 0 amide bonds. The van der Waals surface area contributed by atoms with Crippen LogP contribution in [0.4, 0.5) is 0 Å². The number of ether oxygens (including phenoxy) is 2. The van der Waals surface area contributed by atoms with Crippen molar-refractivity contribution < 1.29 is 9.47 Å². The number of allylic oxidation sites excluding steroid dienone is 2. The summed E-state index contributed by atoms with van der Waals surface area (Å²) in [4.78, 5) is 0. The summed E-state index contributed by atoms with van der Waals surface area (Å²) in [5.74, 6) is 2.49. The fraction of sp³-hybridized carbons (Fsp3) is 0.600. The second kappa shape index (κ2) is 5.13. The Hall–Kier alpha value is -1.28. The third-order valence-corrected chi connectivity index (χ3v) is 6.60. The van der Waals surface area contributed by atoms with Crippen LogP contribution < -0.4 is 4.74 Å². The molecule has 1 fully saturated rings. The lowest BCUT2D eigenvalue weighted by atomic mass is 9.60.